The summed E-state index contributed by atoms with van der Waals surface area (Å²) >= 11 is 0. The van der Waals surface area contributed by atoms with Gasteiger partial charge in [0.25, 0.3) is 0 Å². The quantitative estimate of drug-likeness (QED) is 0.825. The summed E-state index contributed by atoms with van der Waals surface area (Å²) in [5.74, 6) is 0. The fourth-order valence-corrected chi connectivity index (χ4v) is 2.23. The molecule has 0 radical (unpaired) electrons. The van der Waals surface area contributed by atoms with Crippen LogP contribution in [0.2, 0.25) is 0 Å². The molecule has 4 heteroatoms. The number of rotatable bonds is 6. The van der Waals surface area contributed by atoms with Gasteiger partial charge in [0, 0.05) is 37.4 Å². The molecule has 1 rings (SSSR count). The molecule has 0 aliphatic rings. The lowest BCUT2D eigenvalue weighted by atomic mass is 10.2. The average Bonchev–Trinajstić information content (AvgIpc) is 2.64. The lowest BCUT2D eigenvalue weighted by molar-refractivity contribution is 0.167. The second-order valence-electron chi connectivity index (χ2n) is 5.23. The Kier molecular flexibility index (Phi) is 5.15. The number of nitrogens with two attached hydrogens (primary N) is 1. The Bertz CT molecular complexity index is 320. The second kappa shape index (κ2) is 6.17. The van der Waals surface area contributed by atoms with Gasteiger partial charge in [-0.2, -0.15) is 0 Å². The van der Waals surface area contributed by atoms with Crippen LogP contribution in [0.1, 0.15) is 46.4 Å². The summed E-state index contributed by atoms with van der Waals surface area (Å²) in [5, 5.41) is 0. The van der Waals surface area contributed by atoms with Gasteiger partial charge in [0.2, 0.25) is 0 Å². The van der Waals surface area contributed by atoms with Crippen LogP contribution in [-0.2, 0) is 6.54 Å². The number of imidazole rings is 1. The first-order valence-corrected chi connectivity index (χ1v) is 6.44. The van der Waals surface area contributed by atoms with E-state index in [9.17, 15) is 0 Å². The molecule has 17 heavy (non-hydrogen) atoms. The third-order valence-electron chi connectivity index (χ3n) is 3.14. The smallest absolute Gasteiger partial charge is 0.0949 e. The minimum absolute atomic E-state index is 0.0454. The molecule has 0 saturated heterocycles. The minimum Gasteiger partial charge on any atom is -0.332 e. The molecule has 4 nitrogen and oxygen atoms in total. The molecule has 0 fully saturated rings. The van der Waals surface area contributed by atoms with E-state index in [1.807, 2.05) is 19.4 Å². The zero-order valence-corrected chi connectivity index (χ0v) is 11.7. The molecule has 0 spiro atoms. The molecule has 0 aromatic carbocycles. The zero-order valence-electron chi connectivity index (χ0n) is 11.7. The van der Waals surface area contributed by atoms with Gasteiger partial charge in [-0.15, -0.1) is 0 Å². The monoisotopic (exact) mass is 238 g/mol. The van der Waals surface area contributed by atoms with Gasteiger partial charge in [0.15, 0.2) is 0 Å². The lowest BCUT2D eigenvalue weighted by Crippen LogP contribution is -2.39. The molecule has 1 aromatic heterocycles. The van der Waals surface area contributed by atoms with Gasteiger partial charge >= 0.3 is 0 Å². The van der Waals surface area contributed by atoms with E-state index in [-0.39, 0.29) is 6.04 Å². The molecule has 0 aliphatic heterocycles. The summed E-state index contributed by atoms with van der Waals surface area (Å²) in [7, 11) is 0. The van der Waals surface area contributed by atoms with Crippen LogP contribution in [0.25, 0.3) is 0 Å². The van der Waals surface area contributed by atoms with E-state index in [2.05, 4.69) is 42.1 Å². The van der Waals surface area contributed by atoms with Crippen molar-refractivity contribution in [2.45, 2.75) is 59.3 Å². The Hall–Kier alpha value is -0.870. The molecule has 98 valence electrons. The Morgan fingerprint density at radius 1 is 1.24 bits per heavy atom. The molecule has 0 amide bonds. The SMILES string of the molecule is CC(N)c1cncn1CCN(C(C)C)C(C)C. The zero-order chi connectivity index (χ0) is 13.0. The Labute approximate surface area is 105 Å². The van der Waals surface area contributed by atoms with Gasteiger partial charge in [0.1, 0.15) is 0 Å². The van der Waals surface area contributed by atoms with Crippen molar-refractivity contribution in [3.8, 4) is 0 Å². The topological polar surface area (TPSA) is 47.1 Å². The predicted octanol–water partition coefficient (Wildman–Crippen LogP) is 2.02. The highest BCUT2D eigenvalue weighted by Crippen LogP contribution is 2.10. The summed E-state index contributed by atoms with van der Waals surface area (Å²) in [6.45, 7) is 12.9. The number of aromatic nitrogens is 2. The van der Waals surface area contributed by atoms with Crippen LogP contribution >= 0.6 is 0 Å². The van der Waals surface area contributed by atoms with Crippen LogP contribution in [0.3, 0.4) is 0 Å². The third kappa shape index (κ3) is 3.82. The van der Waals surface area contributed by atoms with Crippen molar-refractivity contribution in [1.82, 2.24) is 14.5 Å². The first-order valence-electron chi connectivity index (χ1n) is 6.44. The molecule has 1 atom stereocenters. The van der Waals surface area contributed by atoms with Gasteiger partial charge in [-0.25, -0.2) is 4.98 Å². The van der Waals surface area contributed by atoms with Gasteiger partial charge in [-0.05, 0) is 34.6 Å². The van der Waals surface area contributed by atoms with Crippen LogP contribution in [0.4, 0.5) is 0 Å². The van der Waals surface area contributed by atoms with Gasteiger partial charge < -0.3 is 10.3 Å². The van der Waals surface area contributed by atoms with E-state index in [1.54, 1.807) is 0 Å². The largest absolute Gasteiger partial charge is 0.332 e. The maximum atomic E-state index is 5.91. The standard InChI is InChI=1S/C13H26N4/c1-10(2)17(11(3)4)7-6-16-9-15-8-13(16)12(5)14/h8-12H,6-7,14H2,1-5H3. The highest BCUT2D eigenvalue weighted by Gasteiger charge is 2.14. The number of hydrogen-bond donors (Lipinski definition) is 1. The van der Waals surface area contributed by atoms with Crippen molar-refractivity contribution in [3.05, 3.63) is 18.2 Å². The Balaban J connectivity index is 2.62. The number of hydrogen-bond acceptors (Lipinski definition) is 3. The molecular weight excluding hydrogens is 212 g/mol. The molecule has 1 unspecified atom stereocenters. The van der Waals surface area contributed by atoms with Crippen LogP contribution in [0.15, 0.2) is 12.5 Å². The molecule has 2 N–H and O–H groups in total. The van der Waals surface area contributed by atoms with E-state index >= 15 is 0 Å². The maximum Gasteiger partial charge on any atom is 0.0949 e. The Morgan fingerprint density at radius 2 is 1.82 bits per heavy atom. The summed E-state index contributed by atoms with van der Waals surface area (Å²) in [6.07, 6.45) is 3.73. The van der Waals surface area contributed by atoms with Crippen LogP contribution in [0.5, 0.6) is 0 Å². The molecule has 0 saturated carbocycles. The van der Waals surface area contributed by atoms with Crippen molar-refractivity contribution in [3.63, 3.8) is 0 Å². The maximum absolute atomic E-state index is 5.91. The summed E-state index contributed by atoms with van der Waals surface area (Å²) in [4.78, 5) is 6.65. The molecule has 1 heterocycles. The van der Waals surface area contributed by atoms with Gasteiger partial charge in [0.05, 0.1) is 12.0 Å². The van der Waals surface area contributed by atoms with Gasteiger partial charge in [-0.3, -0.25) is 4.90 Å². The van der Waals surface area contributed by atoms with E-state index in [0.717, 1.165) is 18.8 Å². The van der Waals surface area contributed by atoms with E-state index in [0.29, 0.717) is 12.1 Å². The molecule has 0 bridgehead atoms. The molecule has 0 aliphatic carbocycles. The van der Waals surface area contributed by atoms with Crippen LogP contribution in [-0.4, -0.2) is 33.1 Å². The van der Waals surface area contributed by atoms with Crippen LogP contribution < -0.4 is 5.73 Å². The van der Waals surface area contributed by atoms with Crippen molar-refractivity contribution >= 4 is 0 Å². The molecule has 1 aromatic rings. The van der Waals surface area contributed by atoms with Crippen molar-refractivity contribution < 1.29 is 0 Å². The summed E-state index contributed by atoms with van der Waals surface area (Å²) in [6, 6.07) is 1.18. The number of nitrogens with zero attached hydrogens (tertiary/aromatic N) is 3. The fourth-order valence-electron chi connectivity index (χ4n) is 2.23. The minimum atomic E-state index is 0.0454. The van der Waals surface area contributed by atoms with Crippen LogP contribution in [0, 0.1) is 0 Å². The van der Waals surface area contributed by atoms with E-state index < -0.39 is 0 Å². The third-order valence-corrected chi connectivity index (χ3v) is 3.14. The van der Waals surface area contributed by atoms with Gasteiger partial charge in [-0.1, -0.05) is 0 Å². The first-order chi connectivity index (χ1) is 7.93. The van der Waals surface area contributed by atoms with Crippen molar-refractivity contribution in [2.75, 3.05) is 6.54 Å². The Morgan fingerprint density at radius 3 is 2.29 bits per heavy atom. The van der Waals surface area contributed by atoms with Crippen molar-refractivity contribution in [2.24, 2.45) is 5.73 Å². The normalized spacial score (nSPS) is 13.9. The second-order valence-corrected chi connectivity index (χ2v) is 5.23. The fraction of sp³-hybridized carbons (Fsp3) is 0.769. The van der Waals surface area contributed by atoms with E-state index in [1.165, 1.54) is 0 Å². The molecular formula is C13H26N4. The first kappa shape index (κ1) is 14.2. The van der Waals surface area contributed by atoms with E-state index in [4.69, 9.17) is 5.73 Å². The van der Waals surface area contributed by atoms with Crippen molar-refractivity contribution in [1.29, 1.82) is 0 Å². The average molecular weight is 238 g/mol. The highest BCUT2D eigenvalue weighted by molar-refractivity contribution is 5.03. The summed E-state index contributed by atoms with van der Waals surface area (Å²) in [5.41, 5.74) is 7.02. The highest BCUT2D eigenvalue weighted by atomic mass is 15.2. The lowest BCUT2D eigenvalue weighted by Gasteiger charge is -2.30. The summed E-state index contributed by atoms with van der Waals surface area (Å²) < 4.78 is 2.16. The predicted molar refractivity (Wildman–Crippen MR) is 71.8 cm³/mol.